The van der Waals surface area contributed by atoms with Crippen molar-refractivity contribution in [2.75, 3.05) is 38.5 Å². The second-order valence-electron chi connectivity index (χ2n) is 8.75. The predicted molar refractivity (Wildman–Crippen MR) is 115 cm³/mol. The smallest absolute Gasteiger partial charge is 0.410 e. The van der Waals surface area contributed by atoms with Crippen LogP contribution in [0.1, 0.15) is 38.7 Å². The van der Waals surface area contributed by atoms with Crippen molar-refractivity contribution in [3.63, 3.8) is 0 Å². The Bertz CT molecular complexity index is 776. The number of carbonyl (C=O) groups is 1. The Labute approximate surface area is 180 Å². The van der Waals surface area contributed by atoms with Gasteiger partial charge in [-0.3, -0.25) is 0 Å². The van der Waals surface area contributed by atoms with E-state index in [2.05, 4.69) is 13.8 Å². The van der Waals surface area contributed by atoms with E-state index in [1.807, 2.05) is 30.3 Å². The zero-order chi connectivity index (χ0) is 21.6. The zero-order valence-electron chi connectivity index (χ0n) is 18.0. The van der Waals surface area contributed by atoms with Crippen LogP contribution in [0.3, 0.4) is 0 Å². The fraction of sp³-hybridized carbons (Fsp3) is 0.682. The Morgan fingerprint density at radius 2 is 1.80 bits per heavy atom. The second-order valence-corrected chi connectivity index (χ2v) is 10.8. The van der Waals surface area contributed by atoms with Gasteiger partial charge < -0.3 is 14.4 Å². The summed E-state index contributed by atoms with van der Waals surface area (Å²) in [6.45, 7) is 7.17. The van der Waals surface area contributed by atoms with E-state index in [1.54, 1.807) is 9.21 Å². The first-order valence-electron chi connectivity index (χ1n) is 10.9. The monoisotopic (exact) mass is 438 g/mol. The van der Waals surface area contributed by atoms with Crippen LogP contribution in [0.15, 0.2) is 30.3 Å². The molecule has 0 aromatic heterocycles. The number of rotatable bonds is 8. The lowest BCUT2D eigenvalue weighted by Gasteiger charge is -2.32. The average molecular weight is 439 g/mol. The topological polar surface area (TPSA) is 76.2 Å². The van der Waals surface area contributed by atoms with E-state index in [0.717, 1.165) is 25.0 Å². The number of likely N-dealkylation sites (tertiary alicyclic amines) is 1. The lowest BCUT2D eigenvalue weighted by Crippen LogP contribution is -2.43. The molecular formula is C22H34N2O5S. The second kappa shape index (κ2) is 10.6. The van der Waals surface area contributed by atoms with Crippen molar-refractivity contribution in [2.45, 2.75) is 45.8 Å². The Kier molecular flexibility index (Phi) is 8.13. The summed E-state index contributed by atoms with van der Waals surface area (Å²) in [5.41, 5.74) is 0.935. The first-order valence-corrected chi connectivity index (χ1v) is 12.5. The highest BCUT2D eigenvalue weighted by Crippen LogP contribution is 2.23. The minimum Gasteiger partial charge on any atom is -0.445 e. The van der Waals surface area contributed by atoms with Gasteiger partial charge in [-0.2, -0.15) is 0 Å². The van der Waals surface area contributed by atoms with Gasteiger partial charge in [0.1, 0.15) is 6.61 Å². The number of carbonyl (C=O) groups excluding carboxylic acids is 1. The number of amides is 1. The number of piperidine rings is 1. The van der Waals surface area contributed by atoms with Gasteiger partial charge in [0.25, 0.3) is 0 Å². The quantitative estimate of drug-likeness (QED) is 0.623. The van der Waals surface area contributed by atoms with E-state index in [-0.39, 0.29) is 30.5 Å². The number of benzene rings is 1. The molecule has 0 saturated carbocycles. The Balaban J connectivity index is 1.41. The third kappa shape index (κ3) is 6.68. The van der Waals surface area contributed by atoms with Crippen molar-refractivity contribution in [1.82, 2.24) is 9.21 Å². The average Bonchev–Trinajstić information content (AvgIpc) is 3.19. The summed E-state index contributed by atoms with van der Waals surface area (Å²) >= 11 is 0. The standard InChI is InChI=1S/C22H34N2O5S/c1-18(2)15-28-21-9-12-24(13-10-21)30(26,27)17-20-8-11-23(14-20)22(25)29-16-19-6-4-3-5-7-19/h3-7,18,20-21H,8-17H2,1-2H3/t20-/m1/s1. The molecule has 7 nitrogen and oxygen atoms in total. The minimum absolute atomic E-state index is 0.0470. The van der Waals surface area contributed by atoms with Crippen molar-refractivity contribution in [2.24, 2.45) is 11.8 Å². The Hall–Kier alpha value is -1.64. The molecule has 1 amide bonds. The molecule has 2 aliphatic heterocycles. The van der Waals surface area contributed by atoms with E-state index in [9.17, 15) is 13.2 Å². The van der Waals surface area contributed by atoms with E-state index in [4.69, 9.17) is 9.47 Å². The molecule has 2 fully saturated rings. The molecule has 1 aromatic carbocycles. The first kappa shape index (κ1) is 23.0. The van der Waals surface area contributed by atoms with Crippen LogP contribution < -0.4 is 0 Å². The molecule has 8 heteroatoms. The molecule has 1 atom stereocenters. The number of nitrogens with zero attached hydrogens (tertiary/aromatic N) is 2. The lowest BCUT2D eigenvalue weighted by molar-refractivity contribution is 0.00745. The van der Waals surface area contributed by atoms with Gasteiger partial charge in [-0.25, -0.2) is 17.5 Å². The molecule has 3 rings (SSSR count). The molecule has 1 aromatic rings. The molecule has 0 spiro atoms. The summed E-state index contributed by atoms with van der Waals surface area (Å²) in [6, 6.07) is 9.53. The molecule has 0 radical (unpaired) electrons. The van der Waals surface area contributed by atoms with Crippen LogP contribution in [-0.4, -0.2) is 68.4 Å². The van der Waals surface area contributed by atoms with Gasteiger partial charge in [0.15, 0.2) is 0 Å². The van der Waals surface area contributed by atoms with Gasteiger partial charge in [0.05, 0.1) is 11.9 Å². The maximum Gasteiger partial charge on any atom is 0.410 e. The minimum atomic E-state index is -3.33. The zero-order valence-corrected chi connectivity index (χ0v) is 18.9. The van der Waals surface area contributed by atoms with Crippen LogP contribution in [0.5, 0.6) is 0 Å². The maximum absolute atomic E-state index is 12.9. The molecule has 2 heterocycles. The fourth-order valence-corrected chi connectivity index (χ4v) is 5.80. The van der Waals surface area contributed by atoms with Crippen molar-refractivity contribution in [1.29, 1.82) is 0 Å². The third-order valence-corrected chi connectivity index (χ3v) is 7.70. The lowest BCUT2D eigenvalue weighted by atomic mass is 10.1. The van der Waals surface area contributed by atoms with Crippen molar-refractivity contribution >= 4 is 16.1 Å². The molecule has 30 heavy (non-hydrogen) atoms. The molecule has 168 valence electrons. The third-order valence-electron chi connectivity index (χ3n) is 5.66. The van der Waals surface area contributed by atoms with Crippen LogP contribution in [0.2, 0.25) is 0 Å². The molecule has 2 aliphatic rings. The summed E-state index contributed by atoms with van der Waals surface area (Å²) in [5.74, 6) is 0.526. The molecule has 0 aliphatic carbocycles. The van der Waals surface area contributed by atoms with Gasteiger partial charge in [0.2, 0.25) is 10.0 Å². The largest absolute Gasteiger partial charge is 0.445 e. The van der Waals surface area contributed by atoms with Gasteiger partial charge in [-0.15, -0.1) is 0 Å². The molecule has 0 bridgehead atoms. The number of ether oxygens (including phenoxy) is 2. The predicted octanol–water partition coefficient (Wildman–Crippen LogP) is 3.11. The normalized spacial score (nSPS) is 21.3. The summed E-state index contributed by atoms with van der Waals surface area (Å²) in [4.78, 5) is 13.9. The van der Waals surface area contributed by atoms with Gasteiger partial charge in [-0.05, 0) is 36.7 Å². The van der Waals surface area contributed by atoms with E-state index in [0.29, 0.717) is 38.5 Å². The van der Waals surface area contributed by atoms with Gasteiger partial charge in [0, 0.05) is 32.8 Å². The number of hydrogen-bond donors (Lipinski definition) is 0. The van der Waals surface area contributed by atoms with Crippen molar-refractivity contribution in [3.8, 4) is 0 Å². The van der Waals surface area contributed by atoms with Crippen LogP contribution in [0, 0.1) is 11.8 Å². The highest BCUT2D eigenvalue weighted by Gasteiger charge is 2.34. The highest BCUT2D eigenvalue weighted by atomic mass is 32.2. The molecule has 0 unspecified atom stereocenters. The van der Waals surface area contributed by atoms with E-state index in [1.165, 1.54) is 0 Å². The van der Waals surface area contributed by atoms with Crippen LogP contribution in [0.25, 0.3) is 0 Å². The molecule has 2 saturated heterocycles. The van der Waals surface area contributed by atoms with E-state index >= 15 is 0 Å². The summed E-state index contributed by atoms with van der Waals surface area (Å²) < 4.78 is 38.5. The van der Waals surface area contributed by atoms with Crippen molar-refractivity contribution < 1.29 is 22.7 Å². The SMILES string of the molecule is CC(C)COC1CCN(S(=O)(=O)C[C@@H]2CCN(C(=O)OCc3ccccc3)C2)CC1. The first-order chi connectivity index (χ1) is 14.3. The number of hydrogen-bond acceptors (Lipinski definition) is 5. The summed E-state index contributed by atoms with van der Waals surface area (Å²) in [7, 11) is -3.33. The van der Waals surface area contributed by atoms with Crippen LogP contribution >= 0.6 is 0 Å². The Morgan fingerprint density at radius 1 is 1.10 bits per heavy atom. The van der Waals surface area contributed by atoms with Crippen molar-refractivity contribution in [3.05, 3.63) is 35.9 Å². The number of sulfonamides is 1. The summed E-state index contributed by atoms with van der Waals surface area (Å²) in [6.07, 6.45) is 1.96. The maximum atomic E-state index is 12.9. The van der Waals surface area contributed by atoms with E-state index < -0.39 is 10.0 Å². The van der Waals surface area contributed by atoms with Crippen LogP contribution in [-0.2, 0) is 26.1 Å². The molecular weight excluding hydrogens is 404 g/mol. The highest BCUT2D eigenvalue weighted by molar-refractivity contribution is 7.89. The Morgan fingerprint density at radius 3 is 2.47 bits per heavy atom. The van der Waals surface area contributed by atoms with Gasteiger partial charge >= 0.3 is 6.09 Å². The van der Waals surface area contributed by atoms with Crippen LogP contribution in [0.4, 0.5) is 4.79 Å². The summed E-state index contributed by atoms with van der Waals surface area (Å²) in [5, 5.41) is 0. The van der Waals surface area contributed by atoms with Gasteiger partial charge in [-0.1, -0.05) is 44.2 Å². The fourth-order valence-electron chi connectivity index (χ4n) is 3.95. The molecule has 0 N–H and O–H groups in total.